The first-order chi connectivity index (χ1) is 15.1. The molecule has 1 rings (SSSR count). The largest absolute Gasteiger partial charge is 0.369 e. The zero-order valence-corrected chi connectivity index (χ0v) is 20.2. The summed E-state index contributed by atoms with van der Waals surface area (Å²) in [4.78, 5) is 48.9. The number of ketones is 1. The molecule has 3 amide bonds. The van der Waals surface area contributed by atoms with Crippen LogP contribution in [0.1, 0.15) is 73.6 Å². The Labute approximate surface area is 191 Å². The molecule has 3 N–H and O–H groups in total. The Hall–Kier alpha value is -2.48. The molecule has 0 saturated carbocycles. The molecule has 0 heterocycles. The molecule has 0 aromatic rings. The van der Waals surface area contributed by atoms with E-state index in [0.717, 1.165) is 19.3 Å². The van der Waals surface area contributed by atoms with Crippen LogP contribution in [-0.2, 0) is 23.9 Å². The fourth-order valence-corrected chi connectivity index (χ4v) is 3.64. The predicted octanol–water partition coefficient (Wildman–Crippen LogP) is 2.33. The van der Waals surface area contributed by atoms with Crippen LogP contribution in [0.3, 0.4) is 0 Å². The van der Waals surface area contributed by atoms with Gasteiger partial charge in [0.25, 0.3) is 0 Å². The van der Waals surface area contributed by atoms with Gasteiger partial charge in [0.1, 0.15) is 6.04 Å². The zero-order valence-electron chi connectivity index (χ0n) is 20.2. The van der Waals surface area contributed by atoms with E-state index >= 15 is 0 Å². The molecule has 0 spiro atoms. The summed E-state index contributed by atoms with van der Waals surface area (Å²) in [6.07, 6.45) is 7.70. The van der Waals surface area contributed by atoms with E-state index in [1.54, 1.807) is 19.1 Å². The summed E-state index contributed by atoms with van der Waals surface area (Å²) in [6, 6.07) is -1.84. The molecule has 1 unspecified atom stereocenters. The van der Waals surface area contributed by atoms with Crippen LogP contribution in [0, 0.1) is 0 Å². The lowest BCUT2D eigenvalue weighted by Gasteiger charge is -2.39. The van der Waals surface area contributed by atoms with Crippen LogP contribution in [0.5, 0.6) is 0 Å². The molecule has 0 bridgehead atoms. The van der Waals surface area contributed by atoms with E-state index < -0.39 is 24.2 Å². The van der Waals surface area contributed by atoms with E-state index in [1.165, 1.54) is 13.8 Å². The third-order valence-corrected chi connectivity index (χ3v) is 5.48. The molecular weight excluding hydrogens is 410 g/mol. The average Bonchev–Trinajstić information content (AvgIpc) is 2.73. The molecule has 0 aromatic carbocycles. The van der Waals surface area contributed by atoms with Crippen LogP contribution in [0.15, 0.2) is 23.8 Å². The Bertz CT molecular complexity index is 727. The monoisotopic (exact) mass is 449 g/mol. The normalized spacial score (nSPS) is 21.7. The lowest BCUT2D eigenvalue weighted by Crippen LogP contribution is -2.61. The summed E-state index contributed by atoms with van der Waals surface area (Å²) in [5, 5.41) is 8.47. The van der Waals surface area contributed by atoms with Gasteiger partial charge in [0.15, 0.2) is 5.78 Å². The molecule has 1 aliphatic carbocycles. The summed E-state index contributed by atoms with van der Waals surface area (Å²) < 4.78 is 6.20. The Morgan fingerprint density at radius 3 is 2.28 bits per heavy atom. The number of hydrogen-bond acceptors (Lipinski definition) is 5. The van der Waals surface area contributed by atoms with E-state index in [9.17, 15) is 19.2 Å². The number of hydrogen-bond donors (Lipinski definition) is 3. The van der Waals surface area contributed by atoms with Gasteiger partial charge in [-0.2, -0.15) is 0 Å². The molecule has 0 radical (unpaired) electrons. The van der Waals surface area contributed by atoms with Gasteiger partial charge in [-0.3, -0.25) is 19.2 Å². The molecule has 0 aliphatic heterocycles. The standard InChI is InChI=1S/C24H39N3O5/c1-7-10-11-12-22(30)25-15(4)24(31)27-20-13-18(16(5)28)14-21(23(20)26-17(6)29)32-19(8-2)9-3/h10-11,14-15,19-21,23H,7-9,12-13H2,1-6H3,(H,25,30)(H,26,29)(H,27,31)/b11-10-/t15?,20-,21+,23+/m0/s1. The average molecular weight is 450 g/mol. The van der Waals surface area contributed by atoms with Gasteiger partial charge < -0.3 is 20.7 Å². The first-order valence-corrected chi connectivity index (χ1v) is 11.5. The van der Waals surface area contributed by atoms with Crippen LogP contribution in [0.2, 0.25) is 0 Å². The number of rotatable bonds is 12. The number of carbonyl (C=O) groups excluding carboxylic acids is 4. The van der Waals surface area contributed by atoms with Crippen molar-refractivity contribution in [3.8, 4) is 0 Å². The van der Waals surface area contributed by atoms with Crippen molar-refractivity contribution < 1.29 is 23.9 Å². The molecule has 32 heavy (non-hydrogen) atoms. The van der Waals surface area contributed by atoms with Gasteiger partial charge in [-0.15, -0.1) is 0 Å². The lowest BCUT2D eigenvalue weighted by molar-refractivity contribution is -0.129. The molecule has 0 fully saturated rings. The van der Waals surface area contributed by atoms with Crippen LogP contribution in [-0.4, -0.2) is 53.8 Å². The zero-order chi connectivity index (χ0) is 24.3. The van der Waals surface area contributed by atoms with Crippen molar-refractivity contribution >= 4 is 23.5 Å². The number of amides is 3. The lowest BCUT2D eigenvalue weighted by atomic mass is 9.86. The third-order valence-electron chi connectivity index (χ3n) is 5.48. The van der Waals surface area contributed by atoms with Crippen molar-refractivity contribution in [1.82, 2.24) is 16.0 Å². The van der Waals surface area contributed by atoms with Gasteiger partial charge in [0.05, 0.1) is 24.3 Å². The van der Waals surface area contributed by atoms with E-state index in [1.807, 2.05) is 26.8 Å². The highest BCUT2D eigenvalue weighted by atomic mass is 16.5. The first-order valence-electron chi connectivity index (χ1n) is 11.5. The third kappa shape index (κ3) is 8.94. The minimum atomic E-state index is -0.763. The van der Waals surface area contributed by atoms with Gasteiger partial charge in [-0.1, -0.05) is 32.9 Å². The topological polar surface area (TPSA) is 114 Å². The summed E-state index contributed by atoms with van der Waals surface area (Å²) in [6.45, 7) is 10.5. The van der Waals surface area contributed by atoms with Crippen molar-refractivity contribution in [2.75, 3.05) is 0 Å². The summed E-state index contributed by atoms with van der Waals surface area (Å²) in [7, 11) is 0. The summed E-state index contributed by atoms with van der Waals surface area (Å²) in [5.41, 5.74) is 0.550. The highest BCUT2D eigenvalue weighted by molar-refractivity contribution is 5.94. The Balaban J connectivity index is 3.02. The predicted molar refractivity (Wildman–Crippen MR) is 124 cm³/mol. The molecule has 0 aromatic heterocycles. The number of carbonyl (C=O) groups is 4. The maximum Gasteiger partial charge on any atom is 0.242 e. The van der Waals surface area contributed by atoms with E-state index in [0.29, 0.717) is 5.57 Å². The van der Waals surface area contributed by atoms with Gasteiger partial charge in [0, 0.05) is 13.3 Å². The maximum absolute atomic E-state index is 12.8. The van der Waals surface area contributed by atoms with Crippen LogP contribution in [0.4, 0.5) is 0 Å². The van der Waals surface area contributed by atoms with E-state index in [4.69, 9.17) is 4.74 Å². The second kappa shape index (κ2) is 13.8. The van der Waals surface area contributed by atoms with Crippen LogP contribution < -0.4 is 16.0 Å². The van der Waals surface area contributed by atoms with E-state index in [2.05, 4.69) is 16.0 Å². The Kier molecular flexibility index (Phi) is 11.9. The highest BCUT2D eigenvalue weighted by Gasteiger charge is 2.38. The minimum absolute atomic E-state index is 0.0374. The van der Waals surface area contributed by atoms with Crippen molar-refractivity contribution in [3.63, 3.8) is 0 Å². The Morgan fingerprint density at radius 1 is 1.09 bits per heavy atom. The summed E-state index contributed by atoms with van der Waals surface area (Å²) >= 11 is 0. The maximum atomic E-state index is 12.8. The van der Waals surface area contributed by atoms with E-state index in [-0.39, 0.29) is 42.5 Å². The van der Waals surface area contributed by atoms with Gasteiger partial charge in [0.2, 0.25) is 17.7 Å². The molecule has 1 aliphatic rings. The van der Waals surface area contributed by atoms with Crippen molar-refractivity contribution in [1.29, 1.82) is 0 Å². The molecular formula is C24H39N3O5. The van der Waals surface area contributed by atoms with Crippen LogP contribution in [0.25, 0.3) is 0 Å². The number of nitrogens with one attached hydrogen (secondary N) is 3. The molecule has 8 heteroatoms. The second-order valence-electron chi connectivity index (χ2n) is 8.21. The second-order valence-corrected chi connectivity index (χ2v) is 8.21. The minimum Gasteiger partial charge on any atom is -0.369 e. The van der Waals surface area contributed by atoms with Gasteiger partial charge in [-0.25, -0.2) is 0 Å². The summed E-state index contributed by atoms with van der Waals surface area (Å²) in [5.74, 6) is -0.994. The quantitative estimate of drug-likeness (QED) is 0.396. The number of Topliss-reactive ketones (excluding diaryl/α,β-unsaturated/α-hetero) is 1. The fraction of sp³-hybridized carbons (Fsp3) is 0.667. The van der Waals surface area contributed by atoms with Gasteiger partial charge >= 0.3 is 0 Å². The Morgan fingerprint density at radius 2 is 1.75 bits per heavy atom. The van der Waals surface area contributed by atoms with Crippen LogP contribution >= 0.6 is 0 Å². The van der Waals surface area contributed by atoms with Crippen molar-refractivity contribution in [2.24, 2.45) is 0 Å². The molecule has 180 valence electrons. The molecule has 0 saturated heterocycles. The SMILES string of the molecule is CC/C=C\CC(=O)NC(C)C(=O)N[C@H]1CC(C(C)=O)=C[C@@H](OC(CC)CC)[C@@H]1NC(C)=O. The molecule has 4 atom stereocenters. The highest BCUT2D eigenvalue weighted by Crippen LogP contribution is 2.25. The first kappa shape index (κ1) is 27.6. The fourth-order valence-electron chi connectivity index (χ4n) is 3.64. The van der Waals surface area contributed by atoms with Crippen molar-refractivity contribution in [2.45, 2.75) is 104 Å². The molecule has 8 nitrogen and oxygen atoms in total. The number of allylic oxidation sites excluding steroid dienone is 1. The smallest absolute Gasteiger partial charge is 0.242 e. The number of ether oxygens (including phenoxy) is 1. The van der Waals surface area contributed by atoms with Gasteiger partial charge in [-0.05, 0) is 51.2 Å². The van der Waals surface area contributed by atoms with Crippen molar-refractivity contribution in [3.05, 3.63) is 23.8 Å².